The Morgan fingerprint density at radius 1 is 1.47 bits per heavy atom. The molecule has 0 radical (unpaired) electrons. The van der Waals surface area contributed by atoms with Crippen LogP contribution in [-0.2, 0) is 4.79 Å². The number of nitrogens with one attached hydrogen (secondary N) is 1. The molecule has 2 N–H and O–H groups in total. The third-order valence-electron chi connectivity index (χ3n) is 2.07. The van der Waals surface area contributed by atoms with Crippen molar-refractivity contribution in [3.8, 4) is 0 Å². The Balaban J connectivity index is 3.18. The Morgan fingerprint density at radius 3 is 2.73 bits per heavy atom. The Morgan fingerprint density at radius 2 is 2.13 bits per heavy atom. The van der Waals surface area contributed by atoms with Crippen LogP contribution in [0.1, 0.15) is 32.6 Å². The normalized spacial score (nSPS) is 11.8. The lowest BCUT2D eigenvalue weighted by molar-refractivity contribution is -0.138. The summed E-state index contributed by atoms with van der Waals surface area (Å²) in [6.45, 7) is 2.90. The van der Waals surface area contributed by atoms with E-state index in [1.807, 2.05) is 0 Å². The molecule has 0 aromatic rings. The first-order valence-corrected chi connectivity index (χ1v) is 5.15. The molecule has 6 nitrogen and oxygen atoms in total. The second kappa shape index (κ2) is 9.30. The van der Waals surface area contributed by atoms with Gasteiger partial charge >= 0.3 is 5.97 Å². The van der Waals surface area contributed by atoms with E-state index in [2.05, 4.69) is 15.3 Å². The lowest BCUT2D eigenvalue weighted by Gasteiger charge is -2.08. The Bertz CT molecular complexity index is 226. The number of unbranched alkanes of at least 4 members (excludes halogenated alkanes) is 3. The number of carbonyl (C=O) groups is 1. The van der Waals surface area contributed by atoms with Crippen LogP contribution in [0.4, 0.5) is 0 Å². The van der Waals surface area contributed by atoms with Gasteiger partial charge in [0.2, 0.25) is 0 Å². The smallest absolute Gasteiger partial charge is 0.320 e. The van der Waals surface area contributed by atoms with Crippen LogP contribution in [0.15, 0.2) is 5.11 Å². The summed E-state index contributed by atoms with van der Waals surface area (Å²) < 4.78 is 0. The minimum absolute atomic E-state index is 0.479. The molecule has 0 aliphatic heterocycles. The lowest BCUT2D eigenvalue weighted by Crippen LogP contribution is -2.34. The molecule has 0 bridgehead atoms. The van der Waals surface area contributed by atoms with Gasteiger partial charge in [0.05, 0.1) is 0 Å². The van der Waals surface area contributed by atoms with Gasteiger partial charge in [0.1, 0.15) is 6.04 Å². The van der Waals surface area contributed by atoms with Gasteiger partial charge in [-0.1, -0.05) is 18.0 Å². The van der Waals surface area contributed by atoms with Crippen LogP contribution >= 0.6 is 0 Å². The van der Waals surface area contributed by atoms with Crippen LogP contribution in [-0.4, -0.2) is 30.2 Å². The molecule has 0 rings (SSSR count). The van der Waals surface area contributed by atoms with E-state index in [0.29, 0.717) is 6.54 Å². The highest BCUT2D eigenvalue weighted by Gasteiger charge is 2.07. The lowest BCUT2D eigenvalue weighted by atomic mass is 10.2. The Kier molecular flexibility index (Phi) is 8.52. The maximum atomic E-state index is 10.4. The number of hydrogen-bond donors (Lipinski definition) is 2. The van der Waals surface area contributed by atoms with Crippen LogP contribution in [0.3, 0.4) is 0 Å². The molecule has 0 saturated heterocycles. The van der Waals surface area contributed by atoms with Crippen molar-refractivity contribution in [3.63, 3.8) is 0 Å². The summed E-state index contributed by atoms with van der Waals surface area (Å²) in [5.41, 5.74) is 8.01. The molecule has 0 fully saturated rings. The maximum absolute atomic E-state index is 10.4. The van der Waals surface area contributed by atoms with Crippen molar-refractivity contribution >= 4 is 5.97 Å². The van der Waals surface area contributed by atoms with E-state index in [9.17, 15) is 4.79 Å². The van der Waals surface area contributed by atoms with Crippen LogP contribution in [0.5, 0.6) is 0 Å². The predicted molar refractivity (Wildman–Crippen MR) is 57.6 cm³/mol. The monoisotopic (exact) mass is 214 g/mol. The molecule has 0 heterocycles. The predicted octanol–water partition coefficient (Wildman–Crippen LogP) is 1.92. The summed E-state index contributed by atoms with van der Waals surface area (Å²) in [5.74, 6) is -0.821. The van der Waals surface area contributed by atoms with Crippen LogP contribution < -0.4 is 5.32 Å². The number of carboxylic acids is 1. The zero-order chi connectivity index (χ0) is 11.5. The van der Waals surface area contributed by atoms with Crippen LogP contribution in [0, 0.1) is 0 Å². The summed E-state index contributed by atoms with van der Waals surface area (Å²) in [6, 6.07) is -0.479. The molecule has 0 aromatic carbocycles. The van der Waals surface area contributed by atoms with Gasteiger partial charge in [0.15, 0.2) is 0 Å². The number of rotatable bonds is 9. The van der Waals surface area contributed by atoms with Crippen molar-refractivity contribution in [3.05, 3.63) is 10.4 Å². The van der Waals surface area contributed by atoms with Gasteiger partial charge in [-0.25, -0.2) is 0 Å². The second-order valence-electron chi connectivity index (χ2n) is 3.38. The van der Waals surface area contributed by atoms with Gasteiger partial charge in [-0.3, -0.25) is 4.79 Å². The van der Waals surface area contributed by atoms with Gasteiger partial charge < -0.3 is 10.4 Å². The van der Waals surface area contributed by atoms with Gasteiger partial charge in [0.25, 0.3) is 0 Å². The van der Waals surface area contributed by atoms with E-state index in [1.54, 1.807) is 6.92 Å². The van der Waals surface area contributed by atoms with Gasteiger partial charge in [-0.2, -0.15) is 0 Å². The second-order valence-corrected chi connectivity index (χ2v) is 3.38. The minimum Gasteiger partial charge on any atom is -0.480 e. The Labute approximate surface area is 89.3 Å². The van der Waals surface area contributed by atoms with E-state index >= 15 is 0 Å². The largest absolute Gasteiger partial charge is 0.480 e. The van der Waals surface area contributed by atoms with Crippen molar-refractivity contribution in [2.24, 2.45) is 5.11 Å². The van der Waals surface area contributed by atoms with Crippen molar-refractivity contribution in [1.82, 2.24) is 5.32 Å². The summed E-state index contributed by atoms with van der Waals surface area (Å²) in [5, 5.41) is 14.9. The third kappa shape index (κ3) is 9.05. The summed E-state index contributed by atoms with van der Waals surface area (Å²) in [4.78, 5) is 13.1. The standard InChI is InChI=1S/C9H18N4O2/c1-8(9(14)15)11-6-4-2-3-5-7-12-13-10/h8,11H,2-7H2,1H3,(H,14,15). The molecule has 1 atom stereocenters. The van der Waals surface area contributed by atoms with E-state index in [1.165, 1.54) is 0 Å². The molecule has 0 saturated carbocycles. The van der Waals surface area contributed by atoms with Gasteiger partial charge in [-0.05, 0) is 31.8 Å². The molecule has 0 amide bonds. The first kappa shape index (κ1) is 13.7. The van der Waals surface area contributed by atoms with Crippen molar-refractivity contribution in [1.29, 1.82) is 0 Å². The highest BCUT2D eigenvalue weighted by molar-refractivity contribution is 5.72. The third-order valence-corrected chi connectivity index (χ3v) is 2.07. The first-order chi connectivity index (χ1) is 7.18. The number of aliphatic carboxylic acids is 1. The van der Waals surface area contributed by atoms with E-state index in [0.717, 1.165) is 32.2 Å². The van der Waals surface area contributed by atoms with Gasteiger partial charge in [-0.15, -0.1) is 0 Å². The molecule has 15 heavy (non-hydrogen) atoms. The number of hydrogen-bond acceptors (Lipinski definition) is 3. The molecule has 86 valence electrons. The fraction of sp³-hybridized carbons (Fsp3) is 0.889. The topological polar surface area (TPSA) is 98.1 Å². The quantitative estimate of drug-likeness (QED) is 0.265. The zero-order valence-corrected chi connectivity index (χ0v) is 9.02. The highest BCUT2D eigenvalue weighted by Crippen LogP contribution is 1.99. The molecule has 6 heteroatoms. The number of carboxylic acid groups (broad SMARTS) is 1. The molecule has 1 unspecified atom stereocenters. The van der Waals surface area contributed by atoms with E-state index in [-0.39, 0.29) is 0 Å². The van der Waals surface area contributed by atoms with Crippen LogP contribution in [0.25, 0.3) is 10.4 Å². The average Bonchev–Trinajstić information content (AvgIpc) is 2.21. The molecular formula is C9H18N4O2. The molecule has 0 aliphatic carbocycles. The number of nitrogens with zero attached hydrogens (tertiary/aromatic N) is 3. The molecule has 0 aromatic heterocycles. The summed E-state index contributed by atoms with van der Waals surface area (Å²) in [7, 11) is 0. The first-order valence-electron chi connectivity index (χ1n) is 5.15. The molecule has 0 spiro atoms. The zero-order valence-electron chi connectivity index (χ0n) is 9.02. The highest BCUT2D eigenvalue weighted by atomic mass is 16.4. The fourth-order valence-electron chi connectivity index (χ4n) is 1.11. The molecule has 0 aliphatic rings. The van der Waals surface area contributed by atoms with Crippen molar-refractivity contribution in [2.75, 3.05) is 13.1 Å². The van der Waals surface area contributed by atoms with Crippen LogP contribution in [0.2, 0.25) is 0 Å². The van der Waals surface area contributed by atoms with Crippen molar-refractivity contribution in [2.45, 2.75) is 38.6 Å². The fourth-order valence-corrected chi connectivity index (χ4v) is 1.11. The van der Waals surface area contributed by atoms with Crippen molar-refractivity contribution < 1.29 is 9.90 Å². The van der Waals surface area contributed by atoms with E-state index in [4.69, 9.17) is 10.6 Å². The van der Waals surface area contributed by atoms with E-state index < -0.39 is 12.0 Å². The summed E-state index contributed by atoms with van der Waals surface area (Å²) >= 11 is 0. The summed E-state index contributed by atoms with van der Waals surface area (Å²) in [6.07, 6.45) is 3.90. The SMILES string of the molecule is CC(NCCCCCCN=[N+]=[N-])C(=O)O. The maximum Gasteiger partial charge on any atom is 0.320 e. The Hall–Kier alpha value is -1.26. The average molecular weight is 214 g/mol. The minimum atomic E-state index is -0.821. The van der Waals surface area contributed by atoms with Gasteiger partial charge in [0, 0.05) is 11.5 Å². The molecular weight excluding hydrogens is 196 g/mol. The number of azide groups is 1.